The van der Waals surface area contributed by atoms with Gasteiger partial charge in [0, 0.05) is 23.1 Å². The average molecular weight is 494 g/mol. The highest BCUT2D eigenvalue weighted by atomic mass is 19.2. The van der Waals surface area contributed by atoms with Gasteiger partial charge >= 0.3 is 5.97 Å². The Balaban J connectivity index is 1.36. The van der Waals surface area contributed by atoms with Gasteiger partial charge in [0.25, 0.3) is 0 Å². The SMILES string of the molecule is C=CC1CC=C(OC(=O)c2ccc(-c3ccc(-c4ccc(C5CO5)c(F)c4F)cc3)c(F)c2F)CC1. The van der Waals surface area contributed by atoms with Gasteiger partial charge in [0.15, 0.2) is 23.3 Å². The monoisotopic (exact) mass is 494 g/mol. The van der Waals surface area contributed by atoms with Crippen molar-refractivity contribution in [3.63, 3.8) is 0 Å². The molecule has 1 aliphatic heterocycles. The minimum Gasteiger partial charge on any atom is -0.428 e. The van der Waals surface area contributed by atoms with E-state index in [2.05, 4.69) is 6.58 Å². The maximum absolute atomic E-state index is 14.9. The summed E-state index contributed by atoms with van der Waals surface area (Å²) in [5.41, 5.74) is 0.323. The van der Waals surface area contributed by atoms with Gasteiger partial charge in [-0.1, -0.05) is 48.5 Å². The fraction of sp³-hybridized carbons (Fsp3) is 0.207. The number of ether oxygens (including phenoxy) is 2. The quantitative estimate of drug-likeness (QED) is 0.153. The number of epoxide rings is 1. The van der Waals surface area contributed by atoms with Crippen molar-refractivity contribution in [2.45, 2.75) is 25.4 Å². The van der Waals surface area contributed by atoms with Crippen LogP contribution in [0.25, 0.3) is 22.3 Å². The highest BCUT2D eigenvalue weighted by molar-refractivity contribution is 5.91. The first-order valence-corrected chi connectivity index (χ1v) is 11.6. The zero-order chi connectivity index (χ0) is 25.4. The molecule has 0 aromatic heterocycles. The van der Waals surface area contributed by atoms with Crippen molar-refractivity contribution >= 4 is 5.97 Å². The number of hydrogen-bond donors (Lipinski definition) is 0. The topological polar surface area (TPSA) is 38.8 Å². The van der Waals surface area contributed by atoms with Gasteiger partial charge in [0.1, 0.15) is 11.9 Å². The summed E-state index contributed by atoms with van der Waals surface area (Å²) in [5, 5.41) is 0. The van der Waals surface area contributed by atoms with Crippen molar-refractivity contribution in [3.05, 3.63) is 107 Å². The van der Waals surface area contributed by atoms with Gasteiger partial charge in [0.05, 0.1) is 12.2 Å². The van der Waals surface area contributed by atoms with Crippen LogP contribution < -0.4 is 0 Å². The Hall–Kier alpha value is -3.71. The van der Waals surface area contributed by atoms with E-state index in [1.807, 2.05) is 6.08 Å². The minimum absolute atomic E-state index is 0.0459. The van der Waals surface area contributed by atoms with Crippen LogP contribution in [0.3, 0.4) is 0 Å². The number of halogens is 4. The smallest absolute Gasteiger partial charge is 0.346 e. The second kappa shape index (κ2) is 9.74. The van der Waals surface area contributed by atoms with Gasteiger partial charge in [-0.2, -0.15) is 0 Å². The summed E-state index contributed by atoms with van der Waals surface area (Å²) < 4.78 is 69.0. The van der Waals surface area contributed by atoms with E-state index in [1.54, 1.807) is 6.08 Å². The summed E-state index contributed by atoms with van der Waals surface area (Å²) >= 11 is 0. The number of esters is 1. The molecule has 0 saturated carbocycles. The third-order valence-corrected chi connectivity index (χ3v) is 6.57. The molecule has 36 heavy (non-hydrogen) atoms. The molecule has 0 N–H and O–H groups in total. The highest BCUT2D eigenvalue weighted by Gasteiger charge is 2.30. The third-order valence-electron chi connectivity index (χ3n) is 6.57. The third kappa shape index (κ3) is 4.58. The standard InChI is InChI=1S/C29H22F4O3/c1-2-16-3-9-19(10-4-16)36-29(34)23-14-12-21(26(31)28(23)33)18-7-5-17(6-8-18)20-11-13-22(24-15-35-24)27(32)25(20)30/h2,5-9,11-14,16,24H,1,3-4,10,15H2. The van der Waals surface area contributed by atoms with Crippen molar-refractivity contribution in [1.29, 1.82) is 0 Å². The lowest BCUT2D eigenvalue weighted by Crippen LogP contribution is -2.12. The Kier molecular flexibility index (Phi) is 6.49. The second-order valence-electron chi connectivity index (χ2n) is 8.85. The summed E-state index contributed by atoms with van der Waals surface area (Å²) in [6.45, 7) is 4.10. The first kappa shape index (κ1) is 24.0. The number of allylic oxidation sites excluding steroid dienone is 3. The van der Waals surface area contributed by atoms with Crippen LogP contribution >= 0.6 is 0 Å². The van der Waals surface area contributed by atoms with Crippen LogP contribution in [-0.2, 0) is 9.47 Å². The van der Waals surface area contributed by atoms with Crippen LogP contribution in [0.2, 0.25) is 0 Å². The predicted octanol–water partition coefficient (Wildman–Crippen LogP) is 7.68. The van der Waals surface area contributed by atoms with E-state index in [9.17, 15) is 22.4 Å². The molecule has 3 nitrogen and oxygen atoms in total. The molecule has 184 valence electrons. The molecule has 3 aromatic rings. The van der Waals surface area contributed by atoms with Crippen LogP contribution in [0.15, 0.2) is 73.0 Å². The molecule has 1 heterocycles. The van der Waals surface area contributed by atoms with Crippen molar-refractivity contribution in [2.75, 3.05) is 6.61 Å². The summed E-state index contributed by atoms with van der Waals surface area (Å²) in [5.74, 6) is -4.70. The molecule has 1 aliphatic carbocycles. The molecule has 0 spiro atoms. The molecule has 2 aliphatic rings. The largest absolute Gasteiger partial charge is 0.428 e. The van der Waals surface area contributed by atoms with Crippen molar-refractivity contribution < 1.29 is 31.8 Å². The Labute approximate surface area is 205 Å². The molecular weight excluding hydrogens is 472 g/mol. The molecule has 0 radical (unpaired) electrons. The predicted molar refractivity (Wildman–Crippen MR) is 127 cm³/mol. The van der Waals surface area contributed by atoms with Crippen molar-refractivity contribution in [1.82, 2.24) is 0 Å². The van der Waals surface area contributed by atoms with Gasteiger partial charge in [-0.3, -0.25) is 0 Å². The number of carbonyl (C=O) groups is 1. The maximum atomic E-state index is 14.9. The summed E-state index contributed by atoms with van der Waals surface area (Å²) in [4.78, 5) is 12.5. The Morgan fingerprint density at radius 1 is 0.889 bits per heavy atom. The van der Waals surface area contributed by atoms with E-state index in [0.717, 1.165) is 6.42 Å². The van der Waals surface area contributed by atoms with Crippen LogP contribution in [0.4, 0.5) is 17.6 Å². The van der Waals surface area contributed by atoms with Gasteiger partial charge in [0.2, 0.25) is 0 Å². The highest BCUT2D eigenvalue weighted by Crippen LogP contribution is 2.36. The Bertz CT molecular complexity index is 1370. The zero-order valence-electron chi connectivity index (χ0n) is 19.2. The molecule has 2 unspecified atom stereocenters. The van der Waals surface area contributed by atoms with E-state index in [-0.39, 0.29) is 16.7 Å². The number of benzene rings is 3. The van der Waals surface area contributed by atoms with E-state index in [0.29, 0.717) is 42.3 Å². The van der Waals surface area contributed by atoms with E-state index in [4.69, 9.17) is 9.47 Å². The lowest BCUT2D eigenvalue weighted by atomic mass is 9.93. The van der Waals surface area contributed by atoms with E-state index < -0.39 is 40.9 Å². The lowest BCUT2D eigenvalue weighted by molar-refractivity contribution is 0.0599. The maximum Gasteiger partial charge on any atom is 0.346 e. The van der Waals surface area contributed by atoms with Crippen LogP contribution in [0.5, 0.6) is 0 Å². The zero-order valence-corrected chi connectivity index (χ0v) is 19.2. The van der Waals surface area contributed by atoms with E-state index >= 15 is 0 Å². The van der Waals surface area contributed by atoms with E-state index in [1.165, 1.54) is 48.5 Å². The number of carbonyl (C=O) groups excluding carboxylic acids is 1. The molecule has 7 heteroatoms. The van der Waals surface area contributed by atoms with Crippen molar-refractivity contribution in [3.8, 4) is 22.3 Å². The van der Waals surface area contributed by atoms with Crippen LogP contribution in [-0.4, -0.2) is 12.6 Å². The fourth-order valence-corrected chi connectivity index (χ4v) is 4.33. The van der Waals surface area contributed by atoms with Gasteiger partial charge < -0.3 is 9.47 Å². The summed E-state index contributed by atoms with van der Waals surface area (Å²) in [6, 6.07) is 11.3. The molecule has 0 bridgehead atoms. The molecule has 0 amide bonds. The average Bonchev–Trinajstić information content (AvgIpc) is 3.73. The normalized spacial score (nSPS) is 18.9. The fourth-order valence-electron chi connectivity index (χ4n) is 4.33. The van der Waals surface area contributed by atoms with Gasteiger partial charge in [-0.05, 0) is 42.0 Å². The molecule has 2 atom stereocenters. The summed E-state index contributed by atoms with van der Waals surface area (Å²) in [7, 11) is 0. The second-order valence-corrected chi connectivity index (χ2v) is 8.85. The first-order valence-electron chi connectivity index (χ1n) is 11.6. The number of hydrogen-bond acceptors (Lipinski definition) is 3. The molecule has 3 aromatic carbocycles. The molecule has 5 rings (SSSR count). The first-order chi connectivity index (χ1) is 17.4. The van der Waals surface area contributed by atoms with Crippen LogP contribution in [0.1, 0.15) is 41.3 Å². The lowest BCUT2D eigenvalue weighted by Gasteiger charge is -2.18. The molecule has 1 saturated heterocycles. The minimum atomic E-state index is -1.31. The Morgan fingerprint density at radius 2 is 1.50 bits per heavy atom. The molecule has 1 fully saturated rings. The van der Waals surface area contributed by atoms with Gasteiger partial charge in [-0.15, -0.1) is 6.58 Å². The van der Waals surface area contributed by atoms with Crippen LogP contribution in [0, 0.1) is 29.2 Å². The Morgan fingerprint density at radius 3 is 2.06 bits per heavy atom. The molecular formula is C29H22F4O3. The van der Waals surface area contributed by atoms with Crippen molar-refractivity contribution in [2.24, 2.45) is 5.92 Å². The number of rotatable bonds is 6. The summed E-state index contributed by atoms with van der Waals surface area (Å²) in [6.07, 6.45) is 5.14. The van der Waals surface area contributed by atoms with Gasteiger partial charge in [-0.25, -0.2) is 22.4 Å².